The molecule has 6 nitrogen and oxygen atoms in total. The van der Waals surface area contributed by atoms with Gasteiger partial charge in [-0.25, -0.2) is 9.59 Å². The molecule has 1 aromatic heterocycles. The second kappa shape index (κ2) is 9.39. The van der Waals surface area contributed by atoms with Crippen molar-refractivity contribution in [3.8, 4) is 11.1 Å². The zero-order valence-electron chi connectivity index (χ0n) is 19.0. The highest BCUT2D eigenvalue weighted by Gasteiger charge is 2.27. The number of hydrogen-bond acceptors (Lipinski definition) is 6. The van der Waals surface area contributed by atoms with Gasteiger partial charge in [-0.1, -0.05) is 26.0 Å². The van der Waals surface area contributed by atoms with Crippen LogP contribution in [0.1, 0.15) is 72.3 Å². The number of benzene rings is 1. The van der Waals surface area contributed by atoms with Gasteiger partial charge < -0.3 is 15.2 Å². The lowest BCUT2D eigenvalue weighted by Crippen LogP contribution is -2.26. The van der Waals surface area contributed by atoms with Crippen LogP contribution in [0.3, 0.4) is 0 Å². The minimum atomic E-state index is -0.644. The normalized spacial score (nSPS) is 11.5. The predicted octanol–water partition coefficient (Wildman–Crippen LogP) is 4.46. The molecule has 2 rings (SSSR count). The van der Waals surface area contributed by atoms with E-state index >= 15 is 0 Å². The van der Waals surface area contributed by atoms with Crippen molar-refractivity contribution in [1.29, 1.82) is 0 Å². The average molecular weight is 413 g/mol. The van der Waals surface area contributed by atoms with E-state index in [1.54, 1.807) is 24.3 Å². The topological polar surface area (TPSA) is 91.5 Å². The maximum absolute atomic E-state index is 13.1. The minimum Gasteiger partial charge on any atom is -0.465 e. The first kappa shape index (κ1) is 23.5. The van der Waals surface area contributed by atoms with Gasteiger partial charge in [0.25, 0.3) is 0 Å². The molecule has 0 radical (unpaired) electrons. The molecule has 0 unspecified atom stereocenters. The SMILES string of the molecule is COC(=O)c1ccc(-c2c(CN)c(CC(C)C)nc(C)c2C(=O)OC(C)(C)C)cc1. The number of aryl methyl sites for hydroxylation is 1. The lowest BCUT2D eigenvalue weighted by atomic mass is 9.89. The summed E-state index contributed by atoms with van der Waals surface area (Å²) in [7, 11) is 1.34. The van der Waals surface area contributed by atoms with Gasteiger partial charge in [-0.05, 0) is 63.3 Å². The van der Waals surface area contributed by atoms with Crippen molar-refractivity contribution in [3.63, 3.8) is 0 Å². The largest absolute Gasteiger partial charge is 0.465 e. The van der Waals surface area contributed by atoms with Crippen molar-refractivity contribution in [1.82, 2.24) is 4.98 Å². The number of pyridine rings is 1. The Balaban J connectivity index is 2.76. The van der Waals surface area contributed by atoms with Crippen LogP contribution in [0, 0.1) is 12.8 Å². The van der Waals surface area contributed by atoms with Gasteiger partial charge in [0.2, 0.25) is 0 Å². The molecular formula is C24H32N2O4. The predicted molar refractivity (Wildman–Crippen MR) is 117 cm³/mol. The Labute approximate surface area is 178 Å². The van der Waals surface area contributed by atoms with E-state index in [4.69, 9.17) is 20.2 Å². The first-order valence-electron chi connectivity index (χ1n) is 10.1. The number of methoxy groups -OCH3 is 1. The summed E-state index contributed by atoms with van der Waals surface area (Å²) >= 11 is 0. The van der Waals surface area contributed by atoms with Gasteiger partial charge in [0.05, 0.1) is 23.9 Å². The van der Waals surface area contributed by atoms with E-state index in [0.717, 1.165) is 23.2 Å². The Bertz CT molecular complexity index is 926. The van der Waals surface area contributed by atoms with Crippen LogP contribution in [0.15, 0.2) is 24.3 Å². The van der Waals surface area contributed by atoms with E-state index < -0.39 is 17.5 Å². The van der Waals surface area contributed by atoms with Crippen molar-refractivity contribution in [2.45, 2.75) is 60.1 Å². The summed E-state index contributed by atoms with van der Waals surface area (Å²) < 4.78 is 10.5. The summed E-state index contributed by atoms with van der Waals surface area (Å²) in [4.78, 5) is 29.7. The fourth-order valence-electron chi connectivity index (χ4n) is 3.37. The minimum absolute atomic E-state index is 0.235. The second-order valence-corrected chi connectivity index (χ2v) is 8.75. The lowest BCUT2D eigenvalue weighted by Gasteiger charge is -2.24. The molecule has 30 heavy (non-hydrogen) atoms. The highest BCUT2D eigenvalue weighted by atomic mass is 16.6. The van der Waals surface area contributed by atoms with Crippen LogP contribution in [0.25, 0.3) is 11.1 Å². The number of nitrogens with zero attached hydrogens (tertiary/aromatic N) is 1. The Morgan fingerprint density at radius 3 is 2.17 bits per heavy atom. The summed E-state index contributed by atoms with van der Waals surface area (Å²) in [5.41, 5.74) is 10.1. The van der Waals surface area contributed by atoms with Crippen molar-refractivity contribution in [2.24, 2.45) is 11.7 Å². The number of nitrogens with two attached hydrogens (primary N) is 1. The van der Waals surface area contributed by atoms with Crippen LogP contribution in [0.5, 0.6) is 0 Å². The van der Waals surface area contributed by atoms with E-state index in [1.165, 1.54) is 7.11 Å². The van der Waals surface area contributed by atoms with Gasteiger partial charge in [0, 0.05) is 17.8 Å². The zero-order valence-corrected chi connectivity index (χ0v) is 19.0. The molecule has 0 spiro atoms. The third kappa shape index (κ3) is 5.45. The standard InChI is InChI=1S/C24H32N2O4/c1-14(2)12-19-18(13-25)21(16-8-10-17(11-9-16)22(27)29-7)20(15(3)26-19)23(28)30-24(4,5)6/h8-11,14H,12-13,25H2,1-7H3. The number of ether oxygens (including phenoxy) is 2. The first-order valence-corrected chi connectivity index (χ1v) is 10.1. The molecule has 2 aromatic rings. The van der Waals surface area contributed by atoms with E-state index in [0.29, 0.717) is 28.3 Å². The average Bonchev–Trinajstić information content (AvgIpc) is 2.65. The molecule has 0 amide bonds. The first-order chi connectivity index (χ1) is 14.0. The molecule has 0 saturated carbocycles. The number of carbonyl (C=O) groups is 2. The van der Waals surface area contributed by atoms with Gasteiger partial charge in [-0.2, -0.15) is 0 Å². The van der Waals surface area contributed by atoms with Crippen LogP contribution >= 0.6 is 0 Å². The van der Waals surface area contributed by atoms with E-state index in [-0.39, 0.29) is 6.54 Å². The van der Waals surface area contributed by atoms with Gasteiger partial charge in [0.15, 0.2) is 0 Å². The molecule has 0 bridgehead atoms. The van der Waals surface area contributed by atoms with Crippen LogP contribution in [-0.2, 0) is 22.4 Å². The molecule has 0 fully saturated rings. The number of esters is 2. The van der Waals surface area contributed by atoms with Crippen LogP contribution in [-0.4, -0.2) is 29.6 Å². The van der Waals surface area contributed by atoms with E-state index in [9.17, 15) is 9.59 Å². The van der Waals surface area contributed by atoms with E-state index in [2.05, 4.69) is 13.8 Å². The number of aromatic nitrogens is 1. The quantitative estimate of drug-likeness (QED) is 0.705. The Morgan fingerprint density at radius 1 is 1.10 bits per heavy atom. The van der Waals surface area contributed by atoms with Gasteiger partial charge in [-0.15, -0.1) is 0 Å². The maximum Gasteiger partial charge on any atom is 0.341 e. The molecule has 6 heteroatoms. The van der Waals surface area contributed by atoms with Crippen molar-refractivity contribution in [2.75, 3.05) is 7.11 Å². The van der Waals surface area contributed by atoms with E-state index in [1.807, 2.05) is 27.7 Å². The molecule has 0 aliphatic heterocycles. The summed E-state index contributed by atoms with van der Waals surface area (Å²) in [6, 6.07) is 6.96. The van der Waals surface area contributed by atoms with Crippen LogP contribution < -0.4 is 5.73 Å². The van der Waals surface area contributed by atoms with Crippen LogP contribution in [0.2, 0.25) is 0 Å². The zero-order chi connectivity index (χ0) is 22.6. The molecule has 0 atom stereocenters. The highest BCUT2D eigenvalue weighted by Crippen LogP contribution is 2.33. The third-order valence-electron chi connectivity index (χ3n) is 4.57. The van der Waals surface area contributed by atoms with Crippen LogP contribution in [0.4, 0.5) is 0 Å². The van der Waals surface area contributed by atoms with Crippen molar-refractivity contribution < 1.29 is 19.1 Å². The summed E-state index contributed by atoms with van der Waals surface area (Å²) in [5.74, 6) is -0.478. The van der Waals surface area contributed by atoms with Crippen molar-refractivity contribution >= 4 is 11.9 Å². The molecule has 0 aliphatic rings. The Kier molecular flexibility index (Phi) is 7.37. The monoisotopic (exact) mass is 412 g/mol. The molecular weight excluding hydrogens is 380 g/mol. The number of carbonyl (C=O) groups excluding carboxylic acids is 2. The summed E-state index contributed by atoms with van der Waals surface area (Å²) in [6.07, 6.45) is 0.745. The van der Waals surface area contributed by atoms with Gasteiger partial charge in [0.1, 0.15) is 5.60 Å². The highest BCUT2D eigenvalue weighted by molar-refractivity contribution is 6.00. The Morgan fingerprint density at radius 2 is 1.70 bits per heavy atom. The number of rotatable bonds is 6. The fraction of sp³-hybridized carbons (Fsp3) is 0.458. The smallest absolute Gasteiger partial charge is 0.341 e. The fourth-order valence-corrected chi connectivity index (χ4v) is 3.37. The van der Waals surface area contributed by atoms with Gasteiger partial charge in [-0.3, -0.25) is 4.98 Å². The van der Waals surface area contributed by atoms with Crippen molar-refractivity contribution in [3.05, 3.63) is 52.3 Å². The molecule has 0 saturated heterocycles. The third-order valence-corrected chi connectivity index (χ3v) is 4.57. The second-order valence-electron chi connectivity index (χ2n) is 8.75. The molecule has 1 aromatic carbocycles. The summed E-state index contributed by atoms with van der Waals surface area (Å²) in [5, 5.41) is 0. The molecule has 0 aliphatic carbocycles. The lowest BCUT2D eigenvalue weighted by molar-refractivity contribution is 0.00688. The molecule has 1 heterocycles. The molecule has 162 valence electrons. The number of hydrogen-bond donors (Lipinski definition) is 1. The Hall–Kier alpha value is -2.73. The molecule has 2 N–H and O–H groups in total. The maximum atomic E-state index is 13.1. The summed E-state index contributed by atoms with van der Waals surface area (Å²) in [6.45, 7) is 11.8. The van der Waals surface area contributed by atoms with Gasteiger partial charge >= 0.3 is 11.9 Å².